The fourth-order valence-electron chi connectivity index (χ4n) is 7.06. The number of unbranched alkanes of at least 4 members (excludes halogenated alkanes) is 3. The fourth-order valence-corrected chi connectivity index (χ4v) is 8.44. The number of halogens is 3. The molecule has 1 saturated heterocycles. The number of nitrogens with one attached hydrogen (secondary N) is 3. The molecule has 2 saturated carbocycles. The number of benzene rings is 2. The van der Waals surface area contributed by atoms with Crippen molar-refractivity contribution in [2.24, 2.45) is 0 Å². The molecule has 16 heteroatoms. The average Bonchev–Trinajstić information content (AvgIpc) is 4.04. The van der Waals surface area contributed by atoms with Crippen LogP contribution in [0.3, 0.4) is 0 Å². The van der Waals surface area contributed by atoms with Gasteiger partial charge in [0, 0.05) is 31.1 Å². The Hall–Kier alpha value is -4.44. The van der Waals surface area contributed by atoms with Gasteiger partial charge in [-0.25, -0.2) is 26.4 Å². The predicted octanol–water partition coefficient (Wildman–Crippen LogP) is 4.47. The van der Waals surface area contributed by atoms with Crippen LogP contribution in [0.2, 0.25) is 0 Å². The van der Waals surface area contributed by atoms with E-state index in [1.165, 1.54) is 15.9 Å². The molecule has 4 amide bonds. The van der Waals surface area contributed by atoms with Crippen molar-refractivity contribution < 1.29 is 45.5 Å². The Morgan fingerprint density at radius 1 is 1.02 bits per heavy atom. The van der Waals surface area contributed by atoms with Gasteiger partial charge in [0.05, 0.1) is 24.4 Å². The molecule has 12 nitrogen and oxygen atoms in total. The van der Waals surface area contributed by atoms with Crippen molar-refractivity contribution in [3.63, 3.8) is 0 Å². The molecule has 0 bridgehead atoms. The van der Waals surface area contributed by atoms with Gasteiger partial charge >= 0.3 is 6.09 Å². The van der Waals surface area contributed by atoms with Crippen molar-refractivity contribution in [2.75, 3.05) is 6.54 Å². The lowest BCUT2D eigenvalue weighted by Crippen LogP contribution is -2.57. The van der Waals surface area contributed by atoms with Gasteiger partial charge in [0.15, 0.2) is 0 Å². The van der Waals surface area contributed by atoms with Crippen LogP contribution in [0.1, 0.15) is 87.8 Å². The lowest BCUT2D eigenvalue weighted by atomic mass is 10.0. The van der Waals surface area contributed by atoms with Crippen LogP contribution in [0, 0.1) is 17.5 Å². The molecule has 2 aromatic rings. The maximum Gasteiger partial charge on any atom is 0.410 e. The van der Waals surface area contributed by atoms with Gasteiger partial charge in [-0.05, 0) is 81.2 Å². The Morgan fingerprint density at radius 3 is 2.43 bits per heavy atom. The second-order valence-electron chi connectivity index (χ2n) is 14.6. The molecule has 3 N–H and O–H groups in total. The van der Waals surface area contributed by atoms with Crippen LogP contribution in [0.15, 0.2) is 48.6 Å². The van der Waals surface area contributed by atoms with E-state index in [1.807, 2.05) is 19.1 Å². The highest BCUT2D eigenvalue weighted by atomic mass is 32.2. The minimum absolute atomic E-state index is 0.0117. The third kappa shape index (κ3) is 9.43. The van der Waals surface area contributed by atoms with E-state index in [1.54, 1.807) is 12.1 Å². The Labute approximate surface area is 312 Å². The maximum absolute atomic E-state index is 14.4. The number of rotatable bonds is 16. The molecule has 0 unspecified atom stereocenters. The largest absolute Gasteiger partial charge is 0.444 e. The lowest BCUT2D eigenvalue weighted by Gasteiger charge is -2.30. The molecule has 292 valence electrons. The normalized spacial score (nSPS) is 20.8. The summed E-state index contributed by atoms with van der Waals surface area (Å²) in [5.41, 5.74) is -0.182. The van der Waals surface area contributed by atoms with Crippen LogP contribution in [0.4, 0.5) is 18.0 Å². The molecule has 3 atom stereocenters. The van der Waals surface area contributed by atoms with Gasteiger partial charge < -0.3 is 20.3 Å². The van der Waals surface area contributed by atoms with E-state index < -0.39 is 80.3 Å². The van der Waals surface area contributed by atoms with Crippen LogP contribution < -0.4 is 15.4 Å². The average molecular weight is 774 g/mol. The van der Waals surface area contributed by atoms with Crippen molar-refractivity contribution in [3.8, 4) is 0 Å². The van der Waals surface area contributed by atoms with E-state index in [9.17, 15) is 40.8 Å². The summed E-state index contributed by atoms with van der Waals surface area (Å²) in [5.74, 6) is -4.06. The molecular formula is C38H46F3N5O7S. The highest BCUT2D eigenvalue weighted by molar-refractivity contribution is 7.91. The number of carbonyl (C=O) groups is 4. The lowest BCUT2D eigenvalue weighted by molar-refractivity contribution is -0.141. The topological polar surface area (TPSA) is 154 Å². The first kappa shape index (κ1) is 39.3. The number of hydrogen-bond acceptors (Lipinski definition) is 8. The van der Waals surface area contributed by atoms with Crippen molar-refractivity contribution in [1.29, 1.82) is 0 Å². The van der Waals surface area contributed by atoms with Gasteiger partial charge in [-0.1, -0.05) is 37.1 Å². The van der Waals surface area contributed by atoms with E-state index in [2.05, 4.69) is 15.4 Å². The molecule has 0 aromatic heterocycles. The molecule has 2 aromatic carbocycles. The summed E-state index contributed by atoms with van der Waals surface area (Å²) >= 11 is 0. The number of ether oxygens (including phenoxy) is 1. The molecule has 0 spiro atoms. The number of hydrogen-bond donors (Lipinski definition) is 3. The van der Waals surface area contributed by atoms with Crippen LogP contribution in [-0.4, -0.2) is 77.6 Å². The summed E-state index contributed by atoms with van der Waals surface area (Å²) < 4.78 is 75.4. The first-order valence-corrected chi connectivity index (χ1v) is 20.0. The molecular weight excluding hydrogens is 728 g/mol. The van der Waals surface area contributed by atoms with Crippen LogP contribution in [-0.2, 0) is 48.8 Å². The third-order valence-electron chi connectivity index (χ3n) is 10.4. The van der Waals surface area contributed by atoms with Gasteiger partial charge in [-0.15, -0.1) is 0 Å². The van der Waals surface area contributed by atoms with Gasteiger partial charge in [-0.3, -0.25) is 24.0 Å². The van der Waals surface area contributed by atoms with Gasteiger partial charge in [0.25, 0.3) is 5.91 Å². The second kappa shape index (κ2) is 16.5. The minimum Gasteiger partial charge on any atom is -0.444 e. The summed E-state index contributed by atoms with van der Waals surface area (Å²) in [4.78, 5) is 57.5. The number of sulfonamides is 1. The standard InChI is InChI=1S/C38H46F3N5O7S/c1-2-3-4-5-6-7-11-32(42-20-24-16-26(39)18-27(40)17-24)35(48)46-22-28(53-37(50)45-21-25-9-8-10-31(41)30(25)23-45)19-33(46)34(47)43-38(14-15-38)36(49)44-54(51,52)29-12-13-29/h2-3,8-10,16-18,28-29,32-33,42H,4-7,11-15,19-23H2,1H3,(H,43,47)(H,44,49)/b3-2-/t28-,32+,33+/m1/s1. The van der Waals surface area contributed by atoms with Crippen LogP contribution >= 0.6 is 0 Å². The SMILES string of the molecule is C/C=C\CCCCC[C@H](NCc1cc(F)cc(F)c1)C(=O)N1C[C@H](OC(=O)N2Cc3cccc(F)c3C2)C[C@H]1C(=O)NC1(C(=O)NS(=O)(=O)C2CC2)CC1. The number of allylic oxidation sites excluding steroid dienone is 2. The van der Waals surface area contributed by atoms with Gasteiger partial charge in [0.2, 0.25) is 21.8 Å². The molecule has 54 heavy (non-hydrogen) atoms. The number of fused-ring (bicyclic) bond motifs is 1. The Bertz CT molecular complexity index is 1880. The number of amides is 4. The van der Waals surface area contributed by atoms with Gasteiger partial charge in [0.1, 0.15) is 35.1 Å². The second-order valence-corrected chi connectivity index (χ2v) is 16.6. The first-order valence-electron chi connectivity index (χ1n) is 18.5. The van der Waals surface area contributed by atoms with Gasteiger partial charge in [-0.2, -0.15) is 0 Å². The van der Waals surface area contributed by atoms with Crippen molar-refractivity contribution >= 4 is 33.8 Å². The van der Waals surface area contributed by atoms with E-state index in [0.717, 1.165) is 37.5 Å². The van der Waals surface area contributed by atoms with Crippen LogP contribution in [0.5, 0.6) is 0 Å². The molecule has 3 fully saturated rings. The Balaban J connectivity index is 1.19. The summed E-state index contributed by atoms with van der Waals surface area (Å²) in [6, 6.07) is 5.53. The number of carbonyl (C=O) groups excluding carboxylic acids is 4. The summed E-state index contributed by atoms with van der Waals surface area (Å²) in [5, 5.41) is 5.15. The zero-order chi connectivity index (χ0) is 38.6. The summed E-state index contributed by atoms with van der Waals surface area (Å²) in [7, 11) is -3.88. The predicted molar refractivity (Wildman–Crippen MR) is 191 cm³/mol. The highest BCUT2D eigenvalue weighted by Gasteiger charge is 2.55. The third-order valence-corrected chi connectivity index (χ3v) is 12.2. The zero-order valence-electron chi connectivity index (χ0n) is 30.1. The Kier molecular flexibility index (Phi) is 12.0. The smallest absolute Gasteiger partial charge is 0.410 e. The van der Waals surface area contributed by atoms with Crippen molar-refractivity contribution in [3.05, 3.63) is 82.7 Å². The summed E-state index contributed by atoms with van der Waals surface area (Å²) in [6.07, 6.45) is 6.90. The number of nitrogens with zero attached hydrogens (tertiary/aromatic N) is 2. The van der Waals surface area contributed by atoms with E-state index in [0.29, 0.717) is 36.8 Å². The zero-order valence-corrected chi connectivity index (χ0v) is 30.9. The molecule has 0 radical (unpaired) electrons. The maximum atomic E-state index is 14.4. The Morgan fingerprint density at radius 2 is 1.76 bits per heavy atom. The van der Waals surface area contributed by atoms with E-state index >= 15 is 0 Å². The summed E-state index contributed by atoms with van der Waals surface area (Å²) in [6.45, 7) is 1.80. The molecule has 6 rings (SSSR count). The van der Waals surface area contributed by atoms with E-state index in [-0.39, 0.29) is 51.0 Å². The monoisotopic (exact) mass is 773 g/mol. The first-order chi connectivity index (χ1) is 25.8. The molecule has 2 heterocycles. The number of likely N-dealkylation sites (tertiary alicyclic amines) is 1. The fraction of sp³-hybridized carbons (Fsp3) is 0.526. The van der Waals surface area contributed by atoms with Crippen molar-refractivity contribution in [2.45, 2.75) is 120 Å². The van der Waals surface area contributed by atoms with Crippen LogP contribution in [0.25, 0.3) is 0 Å². The molecule has 2 aliphatic carbocycles. The van der Waals surface area contributed by atoms with E-state index in [4.69, 9.17) is 4.74 Å². The minimum atomic E-state index is -3.88. The van der Waals surface area contributed by atoms with Crippen molar-refractivity contribution in [1.82, 2.24) is 25.2 Å². The highest BCUT2D eigenvalue weighted by Crippen LogP contribution is 2.38. The molecule has 2 aliphatic heterocycles. The molecule has 4 aliphatic rings. The quantitative estimate of drug-likeness (QED) is 0.167.